The van der Waals surface area contributed by atoms with Crippen molar-refractivity contribution in [3.8, 4) is 0 Å². The van der Waals surface area contributed by atoms with E-state index in [0.29, 0.717) is 0 Å². The predicted molar refractivity (Wildman–Crippen MR) is 88.3 cm³/mol. The topological polar surface area (TPSA) is 23.5 Å². The van der Waals surface area contributed by atoms with Gasteiger partial charge in [0.25, 0.3) is 0 Å². The molecule has 2 atom stereocenters. The van der Waals surface area contributed by atoms with E-state index in [0.717, 1.165) is 13.1 Å². The zero-order chi connectivity index (χ0) is 15.1. The number of hydrogen-bond donors (Lipinski definition) is 1. The van der Waals surface area contributed by atoms with Crippen LogP contribution in [0.3, 0.4) is 0 Å². The Kier molecular flexibility index (Phi) is 6.24. The molecule has 0 spiro atoms. The lowest BCUT2D eigenvalue weighted by atomic mass is 10.1. The second kappa shape index (κ2) is 8.18. The van der Waals surface area contributed by atoms with Crippen LogP contribution in [-0.4, -0.2) is 28.0 Å². The maximum absolute atomic E-state index is 10.1. The first-order valence-corrected chi connectivity index (χ1v) is 7.80. The van der Waals surface area contributed by atoms with Crippen molar-refractivity contribution in [3.63, 3.8) is 0 Å². The summed E-state index contributed by atoms with van der Waals surface area (Å²) in [6, 6.07) is 20.6. The van der Waals surface area contributed by atoms with Crippen molar-refractivity contribution >= 4 is 11.6 Å². The molecule has 2 aromatic carbocycles. The highest BCUT2D eigenvalue weighted by Crippen LogP contribution is 2.16. The monoisotopic (exact) mass is 303 g/mol. The highest BCUT2D eigenvalue weighted by atomic mass is 35.5. The fraction of sp³-hybridized carbons (Fsp3) is 0.333. The average molecular weight is 304 g/mol. The van der Waals surface area contributed by atoms with Crippen LogP contribution in [0.4, 0.5) is 0 Å². The van der Waals surface area contributed by atoms with Gasteiger partial charge in [-0.2, -0.15) is 0 Å². The van der Waals surface area contributed by atoms with Gasteiger partial charge in [0.1, 0.15) is 0 Å². The molecule has 0 bridgehead atoms. The highest BCUT2D eigenvalue weighted by Gasteiger charge is 2.21. The van der Waals surface area contributed by atoms with E-state index in [2.05, 4.69) is 29.2 Å². The molecule has 0 heterocycles. The second-order valence-electron chi connectivity index (χ2n) is 5.34. The normalized spacial score (nSPS) is 14.1. The Morgan fingerprint density at radius 1 is 0.905 bits per heavy atom. The van der Waals surface area contributed by atoms with Gasteiger partial charge in [0.15, 0.2) is 0 Å². The molecule has 0 aromatic heterocycles. The van der Waals surface area contributed by atoms with E-state index in [1.165, 1.54) is 11.1 Å². The Hall–Kier alpha value is -1.35. The molecule has 21 heavy (non-hydrogen) atoms. The minimum atomic E-state index is -0.529. The molecule has 0 aliphatic heterocycles. The number of hydrogen-bond acceptors (Lipinski definition) is 2. The minimum Gasteiger partial charge on any atom is -0.390 e. The average Bonchev–Trinajstić information content (AvgIpc) is 2.54. The van der Waals surface area contributed by atoms with Crippen LogP contribution >= 0.6 is 11.6 Å². The first kappa shape index (κ1) is 16.0. The van der Waals surface area contributed by atoms with E-state index in [1.807, 2.05) is 43.3 Å². The van der Waals surface area contributed by atoms with Gasteiger partial charge in [-0.25, -0.2) is 0 Å². The molecule has 0 saturated carbocycles. The van der Waals surface area contributed by atoms with Crippen LogP contribution in [0.15, 0.2) is 60.7 Å². The van der Waals surface area contributed by atoms with Crippen LogP contribution in [0, 0.1) is 0 Å². The van der Waals surface area contributed by atoms with Crippen molar-refractivity contribution in [1.82, 2.24) is 4.90 Å². The molecule has 2 rings (SSSR count). The number of rotatable bonds is 7. The molecule has 0 radical (unpaired) electrons. The van der Waals surface area contributed by atoms with Crippen LogP contribution < -0.4 is 0 Å². The van der Waals surface area contributed by atoms with Gasteiger partial charge in [0, 0.05) is 25.0 Å². The number of aliphatic hydroxyl groups excluding tert-OH is 1. The number of benzene rings is 2. The molecule has 0 aliphatic rings. The Bertz CT molecular complexity index is 476. The molecular weight excluding hydrogens is 282 g/mol. The molecule has 3 heteroatoms. The predicted octanol–water partition coefficient (Wildman–Crippen LogP) is 3.68. The highest BCUT2D eigenvalue weighted by molar-refractivity contribution is 6.18. The zero-order valence-electron chi connectivity index (χ0n) is 12.3. The van der Waals surface area contributed by atoms with E-state index >= 15 is 0 Å². The van der Waals surface area contributed by atoms with Crippen LogP contribution in [0.2, 0.25) is 0 Å². The SMILES string of the molecule is C[C@@H]([C@@H](O)CCl)N(Cc1ccccc1)Cc1ccccc1. The Morgan fingerprint density at radius 3 is 1.71 bits per heavy atom. The maximum atomic E-state index is 10.1. The molecule has 0 aliphatic carbocycles. The third-order valence-electron chi connectivity index (χ3n) is 3.75. The molecular formula is C18H22ClNO. The quantitative estimate of drug-likeness (QED) is 0.789. The van der Waals surface area contributed by atoms with Crippen molar-refractivity contribution in [1.29, 1.82) is 0 Å². The summed E-state index contributed by atoms with van der Waals surface area (Å²) in [7, 11) is 0. The summed E-state index contributed by atoms with van der Waals surface area (Å²) in [6.07, 6.45) is -0.529. The summed E-state index contributed by atoms with van der Waals surface area (Å²) in [5.41, 5.74) is 2.48. The fourth-order valence-electron chi connectivity index (χ4n) is 2.35. The molecule has 1 N–H and O–H groups in total. The lowest BCUT2D eigenvalue weighted by Gasteiger charge is -2.32. The van der Waals surface area contributed by atoms with Gasteiger partial charge in [0.2, 0.25) is 0 Å². The summed E-state index contributed by atoms with van der Waals surface area (Å²) < 4.78 is 0. The summed E-state index contributed by atoms with van der Waals surface area (Å²) in [5.74, 6) is 0.251. The van der Waals surface area contributed by atoms with Crippen molar-refractivity contribution in [3.05, 3.63) is 71.8 Å². The lowest BCUT2D eigenvalue weighted by molar-refractivity contribution is 0.0631. The smallest absolute Gasteiger partial charge is 0.0827 e. The van der Waals surface area contributed by atoms with Crippen LogP contribution in [0.25, 0.3) is 0 Å². The summed E-state index contributed by atoms with van der Waals surface area (Å²) in [6.45, 7) is 3.62. The van der Waals surface area contributed by atoms with Crippen molar-refractivity contribution in [2.45, 2.75) is 32.2 Å². The van der Waals surface area contributed by atoms with Gasteiger partial charge in [-0.15, -0.1) is 11.6 Å². The van der Waals surface area contributed by atoms with Gasteiger partial charge >= 0.3 is 0 Å². The third-order valence-corrected chi connectivity index (χ3v) is 4.06. The molecule has 2 nitrogen and oxygen atoms in total. The lowest BCUT2D eigenvalue weighted by Crippen LogP contribution is -2.41. The largest absolute Gasteiger partial charge is 0.390 e. The van der Waals surface area contributed by atoms with E-state index in [-0.39, 0.29) is 11.9 Å². The molecule has 0 unspecified atom stereocenters. The van der Waals surface area contributed by atoms with Gasteiger partial charge in [-0.05, 0) is 18.1 Å². The first-order valence-electron chi connectivity index (χ1n) is 7.26. The van der Waals surface area contributed by atoms with Gasteiger partial charge in [-0.1, -0.05) is 60.7 Å². The zero-order valence-corrected chi connectivity index (χ0v) is 13.1. The second-order valence-corrected chi connectivity index (χ2v) is 5.65. The molecule has 0 amide bonds. The summed E-state index contributed by atoms with van der Waals surface area (Å²) in [5, 5.41) is 10.1. The number of halogens is 1. The van der Waals surface area contributed by atoms with Crippen LogP contribution in [-0.2, 0) is 13.1 Å². The fourth-order valence-corrected chi connectivity index (χ4v) is 2.61. The van der Waals surface area contributed by atoms with Gasteiger partial charge < -0.3 is 5.11 Å². The number of aliphatic hydroxyl groups is 1. The Labute approximate surface area is 132 Å². The van der Waals surface area contributed by atoms with Crippen molar-refractivity contribution in [2.75, 3.05) is 5.88 Å². The molecule has 2 aromatic rings. The van der Waals surface area contributed by atoms with E-state index in [4.69, 9.17) is 11.6 Å². The summed E-state index contributed by atoms with van der Waals surface area (Å²) >= 11 is 5.82. The van der Waals surface area contributed by atoms with Crippen molar-refractivity contribution < 1.29 is 5.11 Å². The van der Waals surface area contributed by atoms with Crippen LogP contribution in [0.5, 0.6) is 0 Å². The summed E-state index contributed by atoms with van der Waals surface area (Å²) in [4.78, 5) is 2.26. The molecule has 0 saturated heterocycles. The van der Waals surface area contributed by atoms with E-state index in [9.17, 15) is 5.11 Å². The van der Waals surface area contributed by atoms with Gasteiger partial charge in [-0.3, -0.25) is 4.90 Å². The molecule has 0 fully saturated rings. The number of nitrogens with zero attached hydrogens (tertiary/aromatic N) is 1. The van der Waals surface area contributed by atoms with Crippen LogP contribution in [0.1, 0.15) is 18.1 Å². The third kappa shape index (κ3) is 4.85. The minimum absolute atomic E-state index is 0.00270. The molecule has 112 valence electrons. The Morgan fingerprint density at radius 2 is 1.33 bits per heavy atom. The Balaban J connectivity index is 2.13. The maximum Gasteiger partial charge on any atom is 0.0827 e. The van der Waals surface area contributed by atoms with Crippen molar-refractivity contribution in [2.24, 2.45) is 0 Å². The van der Waals surface area contributed by atoms with E-state index < -0.39 is 6.10 Å². The first-order chi connectivity index (χ1) is 10.2. The van der Waals surface area contributed by atoms with Gasteiger partial charge in [0.05, 0.1) is 6.10 Å². The standard InChI is InChI=1S/C18H22ClNO/c1-15(18(21)12-19)20(13-16-8-4-2-5-9-16)14-17-10-6-3-7-11-17/h2-11,15,18,21H,12-14H2,1H3/t15-,18-/m0/s1. The number of alkyl halides is 1. The van der Waals surface area contributed by atoms with E-state index in [1.54, 1.807) is 0 Å².